The lowest BCUT2D eigenvalue weighted by molar-refractivity contribution is 0.600. The molecule has 0 aliphatic carbocycles. The van der Waals surface area contributed by atoms with Crippen molar-refractivity contribution in [3.05, 3.63) is 29.8 Å². The van der Waals surface area contributed by atoms with Crippen molar-refractivity contribution in [3.63, 3.8) is 0 Å². The Hall–Kier alpha value is -0.980. The van der Waals surface area contributed by atoms with Crippen LogP contribution >= 0.6 is 0 Å². The van der Waals surface area contributed by atoms with Crippen LogP contribution in [0.1, 0.15) is 57.9 Å². The molecule has 0 saturated heterocycles. The van der Waals surface area contributed by atoms with E-state index in [0.29, 0.717) is 0 Å². The van der Waals surface area contributed by atoms with Gasteiger partial charge in [-0.2, -0.15) is 0 Å². The van der Waals surface area contributed by atoms with E-state index in [2.05, 4.69) is 49.9 Å². The molecule has 0 amide bonds. The molecule has 0 atom stereocenters. The Morgan fingerprint density at radius 1 is 0.889 bits per heavy atom. The maximum atomic E-state index is 2.51. The molecule has 0 aliphatic rings. The summed E-state index contributed by atoms with van der Waals surface area (Å²) in [7, 11) is 0. The van der Waals surface area contributed by atoms with E-state index < -0.39 is 0 Å². The molecule has 18 heavy (non-hydrogen) atoms. The van der Waals surface area contributed by atoms with Crippen LogP contribution in [0.2, 0.25) is 0 Å². The van der Waals surface area contributed by atoms with Gasteiger partial charge in [0.05, 0.1) is 0 Å². The second-order valence-corrected chi connectivity index (χ2v) is 5.13. The van der Waals surface area contributed by atoms with Crippen LogP contribution in [-0.4, -0.2) is 13.1 Å². The van der Waals surface area contributed by atoms with Gasteiger partial charge < -0.3 is 4.90 Å². The number of para-hydroxylation sites is 1. The van der Waals surface area contributed by atoms with Crippen LogP contribution in [0.5, 0.6) is 0 Å². The third-order valence-electron chi connectivity index (χ3n) is 3.62. The topological polar surface area (TPSA) is 3.24 Å². The van der Waals surface area contributed by atoms with Gasteiger partial charge in [0.15, 0.2) is 0 Å². The molecular weight excluding hydrogens is 218 g/mol. The molecule has 1 aromatic carbocycles. The van der Waals surface area contributed by atoms with Crippen LogP contribution < -0.4 is 4.90 Å². The van der Waals surface area contributed by atoms with Crippen LogP contribution in [0.15, 0.2) is 24.3 Å². The molecule has 0 radical (unpaired) electrons. The van der Waals surface area contributed by atoms with Crippen molar-refractivity contribution < 1.29 is 0 Å². The fourth-order valence-electron chi connectivity index (χ4n) is 2.45. The molecule has 0 bridgehead atoms. The Morgan fingerprint density at radius 2 is 1.56 bits per heavy atom. The molecule has 0 spiro atoms. The number of anilines is 1. The molecular formula is C17H29N. The van der Waals surface area contributed by atoms with Crippen LogP contribution in [-0.2, 0) is 0 Å². The highest BCUT2D eigenvalue weighted by Crippen LogP contribution is 2.19. The second-order valence-electron chi connectivity index (χ2n) is 5.13. The van der Waals surface area contributed by atoms with E-state index in [0.717, 1.165) is 6.54 Å². The minimum absolute atomic E-state index is 1.11. The molecule has 0 fully saturated rings. The van der Waals surface area contributed by atoms with Crippen molar-refractivity contribution in [2.24, 2.45) is 0 Å². The van der Waals surface area contributed by atoms with Gasteiger partial charge in [0.1, 0.15) is 0 Å². The van der Waals surface area contributed by atoms with E-state index in [-0.39, 0.29) is 0 Å². The first kappa shape index (κ1) is 15.1. The third kappa shape index (κ3) is 5.12. The lowest BCUT2D eigenvalue weighted by Crippen LogP contribution is -2.24. The molecule has 0 aromatic heterocycles. The zero-order valence-electron chi connectivity index (χ0n) is 12.4. The van der Waals surface area contributed by atoms with Gasteiger partial charge in [-0.05, 0) is 31.9 Å². The van der Waals surface area contributed by atoms with E-state index in [1.54, 1.807) is 0 Å². The number of rotatable bonds is 9. The Morgan fingerprint density at radius 3 is 2.22 bits per heavy atom. The molecule has 0 aliphatic heterocycles. The molecule has 0 saturated carbocycles. The summed E-state index contributed by atoms with van der Waals surface area (Å²) in [5, 5.41) is 0. The molecule has 1 nitrogen and oxygen atoms in total. The SMILES string of the molecule is CCCCCCCCN(CC)c1ccccc1C. The van der Waals surface area contributed by atoms with Crippen LogP contribution in [0.4, 0.5) is 5.69 Å². The van der Waals surface area contributed by atoms with E-state index in [1.165, 1.54) is 56.3 Å². The molecule has 1 aromatic rings. The van der Waals surface area contributed by atoms with Crippen molar-refractivity contribution in [1.29, 1.82) is 0 Å². The molecule has 1 heteroatoms. The number of hydrogen-bond donors (Lipinski definition) is 0. The van der Waals surface area contributed by atoms with Gasteiger partial charge in [-0.1, -0.05) is 57.2 Å². The average Bonchev–Trinajstić information content (AvgIpc) is 2.39. The smallest absolute Gasteiger partial charge is 0.0395 e. The van der Waals surface area contributed by atoms with Crippen molar-refractivity contribution in [2.75, 3.05) is 18.0 Å². The highest BCUT2D eigenvalue weighted by Gasteiger charge is 2.05. The first-order valence-electron chi connectivity index (χ1n) is 7.60. The van der Waals surface area contributed by atoms with Gasteiger partial charge in [0, 0.05) is 18.8 Å². The summed E-state index contributed by atoms with van der Waals surface area (Å²) in [4.78, 5) is 2.51. The van der Waals surface area contributed by atoms with Crippen LogP contribution in [0, 0.1) is 6.92 Å². The zero-order chi connectivity index (χ0) is 13.2. The zero-order valence-corrected chi connectivity index (χ0v) is 12.4. The fraction of sp³-hybridized carbons (Fsp3) is 0.647. The van der Waals surface area contributed by atoms with Crippen LogP contribution in [0.3, 0.4) is 0 Å². The summed E-state index contributed by atoms with van der Waals surface area (Å²) in [5.74, 6) is 0. The summed E-state index contributed by atoms with van der Waals surface area (Å²) in [6.45, 7) is 9.05. The first-order chi connectivity index (χ1) is 8.79. The molecule has 0 unspecified atom stereocenters. The predicted octanol–water partition coefficient (Wildman–Crippen LogP) is 5.18. The number of benzene rings is 1. The van der Waals surface area contributed by atoms with E-state index >= 15 is 0 Å². The second kappa shape index (κ2) is 9.02. The Balaban J connectivity index is 2.32. The fourth-order valence-corrected chi connectivity index (χ4v) is 2.45. The minimum atomic E-state index is 1.11. The summed E-state index contributed by atoms with van der Waals surface area (Å²) in [6, 6.07) is 8.72. The van der Waals surface area contributed by atoms with E-state index in [4.69, 9.17) is 0 Å². The number of aryl methyl sites for hydroxylation is 1. The van der Waals surface area contributed by atoms with Gasteiger partial charge in [0.25, 0.3) is 0 Å². The lowest BCUT2D eigenvalue weighted by Gasteiger charge is -2.24. The van der Waals surface area contributed by atoms with Gasteiger partial charge >= 0.3 is 0 Å². The van der Waals surface area contributed by atoms with Gasteiger partial charge in [-0.15, -0.1) is 0 Å². The van der Waals surface area contributed by atoms with Crippen molar-refractivity contribution in [3.8, 4) is 0 Å². The standard InChI is InChI=1S/C17H29N/c1-4-6-7-8-9-12-15-18(5-2)17-14-11-10-13-16(17)3/h10-11,13-14H,4-9,12,15H2,1-3H3. The minimum Gasteiger partial charge on any atom is -0.372 e. The van der Waals surface area contributed by atoms with E-state index in [9.17, 15) is 0 Å². The highest BCUT2D eigenvalue weighted by molar-refractivity contribution is 5.52. The summed E-state index contributed by atoms with van der Waals surface area (Å²) < 4.78 is 0. The number of nitrogens with zero attached hydrogens (tertiary/aromatic N) is 1. The van der Waals surface area contributed by atoms with Gasteiger partial charge in [0.2, 0.25) is 0 Å². The van der Waals surface area contributed by atoms with Crippen molar-refractivity contribution in [1.82, 2.24) is 0 Å². The lowest BCUT2D eigenvalue weighted by atomic mass is 10.1. The summed E-state index contributed by atoms with van der Waals surface area (Å²) in [6.07, 6.45) is 8.25. The van der Waals surface area contributed by atoms with Gasteiger partial charge in [-0.25, -0.2) is 0 Å². The van der Waals surface area contributed by atoms with E-state index in [1.807, 2.05) is 0 Å². The predicted molar refractivity (Wildman–Crippen MR) is 82.4 cm³/mol. The first-order valence-corrected chi connectivity index (χ1v) is 7.60. The monoisotopic (exact) mass is 247 g/mol. The quantitative estimate of drug-likeness (QED) is 0.543. The van der Waals surface area contributed by atoms with Crippen molar-refractivity contribution >= 4 is 5.69 Å². The Labute approximate surface area is 113 Å². The van der Waals surface area contributed by atoms with Gasteiger partial charge in [-0.3, -0.25) is 0 Å². The third-order valence-corrected chi connectivity index (χ3v) is 3.62. The maximum Gasteiger partial charge on any atom is 0.0395 e. The van der Waals surface area contributed by atoms with Crippen LogP contribution in [0.25, 0.3) is 0 Å². The Kier molecular flexibility index (Phi) is 7.55. The van der Waals surface area contributed by atoms with Crippen molar-refractivity contribution in [2.45, 2.75) is 59.3 Å². The molecule has 102 valence electrons. The normalized spacial score (nSPS) is 10.6. The summed E-state index contributed by atoms with van der Waals surface area (Å²) in [5.41, 5.74) is 2.80. The number of unbranched alkanes of at least 4 members (excludes halogenated alkanes) is 5. The molecule has 0 heterocycles. The maximum absolute atomic E-state index is 2.51. The molecule has 1 rings (SSSR count). The number of hydrogen-bond acceptors (Lipinski definition) is 1. The highest BCUT2D eigenvalue weighted by atomic mass is 15.1. The summed E-state index contributed by atoms with van der Waals surface area (Å²) >= 11 is 0. The average molecular weight is 247 g/mol. The Bertz CT molecular complexity index is 319. The largest absolute Gasteiger partial charge is 0.372 e. The molecule has 0 N–H and O–H groups in total.